The van der Waals surface area contributed by atoms with Crippen molar-refractivity contribution in [3.05, 3.63) is 59.4 Å². The molecule has 122 valence electrons. The first kappa shape index (κ1) is 15.9. The van der Waals surface area contributed by atoms with Crippen molar-refractivity contribution in [1.29, 1.82) is 0 Å². The maximum Gasteiger partial charge on any atom is 0.240 e. The number of hydrogen-bond donors (Lipinski definition) is 3. The Balaban J connectivity index is 1.90. The number of nitrogens with one attached hydrogen (secondary N) is 2. The average molecular weight is 336 g/mol. The van der Waals surface area contributed by atoms with E-state index in [2.05, 4.69) is 10.0 Å². The van der Waals surface area contributed by atoms with Gasteiger partial charge in [0.2, 0.25) is 10.0 Å². The number of aliphatic hydroxyl groups is 1. The zero-order chi connectivity index (χ0) is 16.6. The highest BCUT2D eigenvalue weighted by atomic mass is 32.2. The van der Waals surface area contributed by atoms with Gasteiger partial charge in [-0.3, -0.25) is 0 Å². The van der Waals surface area contributed by atoms with Gasteiger partial charge in [0.1, 0.15) is 5.82 Å². The summed E-state index contributed by atoms with van der Waals surface area (Å²) < 4.78 is 39.8. The lowest BCUT2D eigenvalue weighted by molar-refractivity contribution is 0.165. The first-order valence-electron chi connectivity index (χ1n) is 7.18. The normalized spacial score (nSPS) is 20.3. The fraction of sp³-hybridized carbons (Fsp3) is 0.250. The van der Waals surface area contributed by atoms with Crippen LogP contribution < -0.4 is 10.0 Å². The van der Waals surface area contributed by atoms with Crippen LogP contribution in [-0.2, 0) is 16.4 Å². The van der Waals surface area contributed by atoms with Crippen LogP contribution in [-0.4, -0.2) is 26.7 Å². The van der Waals surface area contributed by atoms with E-state index in [0.717, 1.165) is 17.2 Å². The molecule has 2 aromatic carbocycles. The highest BCUT2D eigenvalue weighted by Crippen LogP contribution is 2.34. The van der Waals surface area contributed by atoms with Gasteiger partial charge in [0.25, 0.3) is 0 Å². The van der Waals surface area contributed by atoms with E-state index < -0.39 is 28.0 Å². The second kappa shape index (κ2) is 5.92. The molecule has 0 saturated heterocycles. The van der Waals surface area contributed by atoms with Crippen LogP contribution in [0.5, 0.6) is 0 Å². The van der Waals surface area contributed by atoms with Gasteiger partial charge in [-0.25, -0.2) is 17.5 Å². The molecule has 0 aromatic heterocycles. The van der Waals surface area contributed by atoms with Crippen LogP contribution in [0.4, 0.5) is 10.1 Å². The Morgan fingerprint density at radius 2 is 1.96 bits per heavy atom. The number of anilines is 1. The van der Waals surface area contributed by atoms with E-state index in [4.69, 9.17) is 0 Å². The van der Waals surface area contributed by atoms with E-state index in [1.807, 2.05) is 24.3 Å². The van der Waals surface area contributed by atoms with Crippen LogP contribution in [0, 0.1) is 5.82 Å². The lowest BCUT2D eigenvalue weighted by Gasteiger charge is -2.20. The Morgan fingerprint density at radius 3 is 2.65 bits per heavy atom. The lowest BCUT2D eigenvalue weighted by Crippen LogP contribution is -2.22. The molecular formula is C16H17FN2O3S. The van der Waals surface area contributed by atoms with E-state index in [0.29, 0.717) is 6.42 Å². The first-order valence-corrected chi connectivity index (χ1v) is 8.66. The molecule has 3 N–H and O–H groups in total. The van der Waals surface area contributed by atoms with Crippen LogP contribution in [0.25, 0.3) is 0 Å². The summed E-state index contributed by atoms with van der Waals surface area (Å²) in [5.41, 5.74) is 2.10. The smallest absolute Gasteiger partial charge is 0.240 e. The molecule has 1 aliphatic rings. The van der Waals surface area contributed by atoms with E-state index >= 15 is 0 Å². The largest absolute Gasteiger partial charge is 0.390 e. The predicted molar refractivity (Wildman–Crippen MR) is 85.2 cm³/mol. The minimum absolute atomic E-state index is 0.143. The third-order valence-corrected chi connectivity index (χ3v) is 5.45. The summed E-state index contributed by atoms with van der Waals surface area (Å²) in [7, 11) is -2.42. The molecule has 0 amide bonds. The van der Waals surface area contributed by atoms with Crippen LogP contribution in [0.3, 0.4) is 0 Å². The summed E-state index contributed by atoms with van der Waals surface area (Å²) >= 11 is 0. The van der Waals surface area contributed by atoms with Crippen molar-refractivity contribution >= 4 is 15.7 Å². The first-order chi connectivity index (χ1) is 10.9. The van der Waals surface area contributed by atoms with E-state index in [-0.39, 0.29) is 10.6 Å². The third-order valence-electron chi connectivity index (χ3n) is 4.03. The zero-order valence-corrected chi connectivity index (χ0v) is 13.3. The molecule has 7 heteroatoms. The second-order valence-electron chi connectivity index (χ2n) is 5.44. The SMILES string of the molecule is CNS(=O)(=O)c1ccc(N[C@H]2c3ccccc3C[C@H]2O)c(F)c1. The van der Waals surface area contributed by atoms with Crippen LogP contribution >= 0.6 is 0 Å². The Morgan fingerprint density at radius 1 is 1.22 bits per heavy atom. The summed E-state index contributed by atoms with van der Waals surface area (Å²) in [5, 5.41) is 13.2. The van der Waals surface area contributed by atoms with Crippen molar-refractivity contribution in [2.45, 2.75) is 23.5 Å². The summed E-state index contributed by atoms with van der Waals surface area (Å²) in [6, 6.07) is 10.8. The molecule has 0 fully saturated rings. The molecule has 0 aliphatic heterocycles. The molecule has 3 rings (SSSR count). The van der Waals surface area contributed by atoms with E-state index in [1.165, 1.54) is 19.2 Å². The zero-order valence-electron chi connectivity index (χ0n) is 12.5. The number of hydrogen-bond acceptors (Lipinski definition) is 4. The van der Waals surface area contributed by atoms with Gasteiger partial charge in [0, 0.05) is 6.42 Å². The minimum Gasteiger partial charge on any atom is -0.390 e. The summed E-state index contributed by atoms with van der Waals surface area (Å²) in [6.07, 6.45) is -0.158. The standard InChI is InChI=1S/C16H17FN2O3S/c1-18-23(21,22)11-6-7-14(13(17)9-11)19-16-12-5-3-2-4-10(12)8-15(16)20/h2-7,9,15-16,18-20H,8H2,1H3/t15-,16+/m1/s1. The molecule has 0 unspecified atom stereocenters. The van der Waals surface area contributed by atoms with Crippen molar-refractivity contribution in [3.63, 3.8) is 0 Å². The van der Waals surface area contributed by atoms with Gasteiger partial charge in [0.05, 0.1) is 22.7 Å². The van der Waals surface area contributed by atoms with Gasteiger partial charge in [-0.2, -0.15) is 0 Å². The Kier molecular flexibility index (Phi) is 4.09. The molecule has 1 aliphatic carbocycles. The van der Waals surface area contributed by atoms with Crippen LogP contribution in [0.2, 0.25) is 0 Å². The maximum atomic E-state index is 14.2. The number of benzene rings is 2. The molecule has 2 aromatic rings. The van der Waals surface area contributed by atoms with Gasteiger partial charge in [0.15, 0.2) is 0 Å². The highest BCUT2D eigenvalue weighted by molar-refractivity contribution is 7.89. The number of halogens is 1. The second-order valence-corrected chi connectivity index (χ2v) is 7.33. The van der Waals surface area contributed by atoms with Gasteiger partial charge in [-0.1, -0.05) is 24.3 Å². The number of aliphatic hydroxyl groups excluding tert-OH is 1. The quantitative estimate of drug-likeness (QED) is 0.796. The van der Waals surface area contributed by atoms with Crippen molar-refractivity contribution in [2.24, 2.45) is 0 Å². The number of sulfonamides is 1. The van der Waals surface area contributed by atoms with Crippen molar-refractivity contribution in [1.82, 2.24) is 4.72 Å². The van der Waals surface area contributed by atoms with Crippen molar-refractivity contribution in [3.8, 4) is 0 Å². The Hall–Kier alpha value is -1.96. The summed E-state index contributed by atoms with van der Waals surface area (Å²) in [4.78, 5) is -0.143. The van der Waals surface area contributed by atoms with E-state index in [1.54, 1.807) is 0 Å². The van der Waals surface area contributed by atoms with E-state index in [9.17, 15) is 17.9 Å². The molecule has 0 bridgehead atoms. The van der Waals surface area contributed by atoms with Gasteiger partial charge >= 0.3 is 0 Å². The van der Waals surface area contributed by atoms with Gasteiger partial charge < -0.3 is 10.4 Å². The van der Waals surface area contributed by atoms with Crippen molar-refractivity contribution in [2.75, 3.05) is 12.4 Å². The van der Waals surface area contributed by atoms with Crippen LogP contribution in [0.15, 0.2) is 47.4 Å². The maximum absolute atomic E-state index is 14.2. The fourth-order valence-electron chi connectivity index (χ4n) is 2.81. The number of rotatable bonds is 4. The minimum atomic E-state index is -3.69. The van der Waals surface area contributed by atoms with Crippen LogP contribution in [0.1, 0.15) is 17.2 Å². The fourth-order valence-corrected chi connectivity index (χ4v) is 3.55. The highest BCUT2D eigenvalue weighted by Gasteiger charge is 2.31. The third kappa shape index (κ3) is 2.95. The van der Waals surface area contributed by atoms with Gasteiger partial charge in [-0.15, -0.1) is 0 Å². The Labute approximate surface area is 134 Å². The molecule has 23 heavy (non-hydrogen) atoms. The molecule has 5 nitrogen and oxygen atoms in total. The molecule has 2 atom stereocenters. The number of fused-ring (bicyclic) bond motifs is 1. The summed E-state index contributed by atoms with van der Waals surface area (Å²) in [6.45, 7) is 0. The van der Waals surface area contributed by atoms with Gasteiger partial charge in [-0.05, 0) is 36.4 Å². The Bertz CT molecular complexity index is 839. The molecular weight excluding hydrogens is 319 g/mol. The monoisotopic (exact) mass is 336 g/mol. The lowest BCUT2D eigenvalue weighted by atomic mass is 10.1. The molecule has 0 saturated carbocycles. The average Bonchev–Trinajstić information content (AvgIpc) is 2.85. The molecule has 0 spiro atoms. The molecule has 0 heterocycles. The predicted octanol–water partition coefficient (Wildman–Crippen LogP) is 1.80. The summed E-state index contributed by atoms with van der Waals surface area (Å²) in [5.74, 6) is -0.682. The molecule has 0 radical (unpaired) electrons. The van der Waals surface area contributed by atoms with Crippen molar-refractivity contribution < 1.29 is 17.9 Å². The topological polar surface area (TPSA) is 78.4 Å².